The highest BCUT2D eigenvalue weighted by Gasteiger charge is 2.22. The third kappa shape index (κ3) is 3.57. The molecule has 0 atom stereocenters. The summed E-state index contributed by atoms with van der Waals surface area (Å²) in [6.45, 7) is 5.23. The summed E-state index contributed by atoms with van der Waals surface area (Å²) in [5, 5.41) is 13.8. The number of aromatic nitrogens is 2. The van der Waals surface area contributed by atoms with Gasteiger partial charge in [-0.1, -0.05) is 49.4 Å². The highest BCUT2D eigenvalue weighted by atomic mass is 32.1. The summed E-state index contributed by atoms with van der Waals surface area (Å²) >= 11 is 1.67. The molecule has 1 saturated carbocycles. The van der Waals surface area contributed by atoms with E-state index in [-0.39, 0.29) is 0 Å². The van der Waals surface area contributed by atoms with Gasteiger partial charge in [0.25, 0.3) is 0 Å². The minimum Gasteiger partial charge on any atom is -0.356 e. The van der Waals surface area contributed by atoms with Gasteiger partial charge < -0.3 is 5.32 Å². The Labute approximate surface area is 124 Å². The fraction of sp³-hybridized carbons (Fsp3) is 0.500. The molecule has 1 aromatic heterocycles. The van der Waals surface area contributed by atoms with Crippen molar-refractivity contribution < 1.29 is 0 Å². The molecular weight excluding hydrogens is 266 g/mol. The molecule has 1 heterocycles. The second-order valence-corrected chi connectivity index (χ2v) is 7.03. The maximum absolute atomic E-state index is 4.22. The van der Waals surface area contributed by atoms with E-state index in [4.69, 9.17) is 0 Å². The van der Waals surface area contributed by atoms with Crippen molar-refractivity contribution in [1.29, 1.82) is 0 Å². The number of nitrogens with zero attached hydrogens (tertiary/aromatic N) is 2. The Bertz CT molecular complexity index is 555. The maximum atomic E-state index is 4.22. The van der Waals surface area contributed by atoms with Crippen LogP contribution in [-0.2, 0) is 13.0 Å². The largest absolute Gasteiger partial charge is 0.356 e. The molecule has 3 rings (SSSR count). The SMILES string of the molecule is CC(C)Cc1nnc(NCc2ccc(C3CC3)cc2)s1. The molecule has 0 saturated heterocycles. The summed E-state index contributed by atoms with van der Waals surface area (Å²) in [5.41, 5.74) is 2.79. The summed E-state index contributed by atoms with van der Waals surface area (Å²) in [6, 6.07) is 8.96. The zero-order valence-corrected chi connectivity index (χ0v) is 12.9. The predicted molar refractivity (Wildman–Crippen MR) is 84.2 cm³/mol. The lowest BCUT2D eigenvalue weighted by atomic mass is 10.1. The first-order chi connectivity index (χ1) is 9.70. The third-order valence-electron chi connectivity index (χ3n) is 3.52. The van der Waals surface area contributed by atoms with E-state index in [1.165, 1.54) is 24.0 Å². The molecule has 1 aliphatic carbocycles. The van der Waals surface area contributed by atoms with E-state index >= 15 is 0 Å². The van der Waals surface area contributed by atoms with Gasteiger partial charge in [0.05, 0.1) is 0 Å². The van der Waals surface area contributed by atoms with Crippen LogP contribution in [0, 0.1) is 5.92 Å². The number of nitrogens with one attached hydrogen (secondary N) is 1. The van der Waals surface area contributed by atoms with E-state index < -0.39 is 0 Å². The standard InChI is InChI=1S/C16H21N3S/c1-11(2)9-15-18-19-16(20-15)17-10-12-3-5-13(6-4-12)14-7-8-14/h3-6,11,14H,7-10H2,1-2H3,(H,17,19). The van der Waals surface area contributed by atoms with Crippen molar-refractivity contribution in [3.63, 3.8) is 0 Å². The Morgan fingerprint density at radius 3 is 2.60 bits per heavy atom. The van der Waals surface area contributed by atoms with Crippen molar-refractivity contribution in [2.24, 2.45) is 5.92 Å². The molecule has 20 heavy (non-hydrogen) atoms. The average molecular weight is 287 g/mol. The predicted octanol–water partition coefficient (Wildman–Crippen LogP) is 4.23. The van der Waals surface area contributed by atoms with Crippen molar-refractivity contribution in [2.75, 3.05) is 5.32 Å². The van der Waals surface area contributed by atoms with Crippen LogP contribution in [0.25, 0.3) is 0 Å². The van der Waals surface area contributed by atoms with Crippen LogP contribution < -0.4 is 5.32 Å². The number of hydrogen-bond donors (Lipinski definition) is 1. The normalized spacial score (nSPS) is 14.8. The first-order valence-corrected chi connectivity index (χ1v) is 8.17. The van der Waals surface area contributed by atoms with Gasteiger partial charge in [-0.05, 0) is 35.8 Å². The number of anilines is 1. The molecule has 1 aromatic carbocycles. The van der Waals surface area contributed by atoms with Gasteiger partial charge in [0.2, 0.25) is 5.13 Å². The van der Waals surface area contributed by atoms with Crippen molar-refractivity contribution >= 4 is 16.5 Å². The molecule has 1 aliphatic rings. The number of hydrogen-bond acceptors (Lipinski definition) is 4. The molecule has 106 valence electrons. The smallest absolute Gasteiger partial charge is 0.205 e. The molecule has 1 N–H and O–H groups in total. The lowest BCUT2D eigenvalue weighted by molar-refractivity contribution is 0.640. The Balaban J connectivity index is 1.54. The lowest BCUT2D eigenvalue weighted by Crippen LogP contribution is -1.98. The van der Waals surface area contributed by atoms with Crippen LogP contribution in [0.5, 0.6) is 0 Å². The molecule has 3 nitrogen and oxygen atoms in total. The fourth-order valence-corrected chi connectivity index (χ4v) is 3.21. The van der Waals surface area contributed by atoms with Gasteiger partial charge in [-0.25, -0.2) is 0 Å². The Kier molecular flexibility index (Phi) is 4.01. The molecule has 0 aliphatic heterocycles. The molecule has 0 radical (unpaired) electrons. The molecule has 0 spiro atoms. The molecule has 0 amide bonds. The van der Waals surface area contributed by atoms with Crippen LogP contribution >= 0.6 is 11.3 Å². The monoisotopic (exact) mass is 287 g/mol. The molecule has 2 aromatic rings. The molecular formula is C16H21N3S. The Morgan fingerprint density at radius 1 is 1.20 bits per heavy atom. The minimum atomic E-state index is 0.630. The van der Waals surface area contributed by atoms with Gasteiger partial charge in [-0.3, -0.25) is 0 Å². The fourth-order valence-electron chi connectivity index (χ4n) is 2.26. The van der Waals surface area contributed by atoms with Crippen LogP contribution in [0.1, 0.15) is 48.7 Å². The second kappa shape index (κ2) is 5.92. The van der Waals surface area contributed by atoms with Gasteiger partial charge >= 0.3 is 0 Å². The Hall–Kier alpha value is -1.42. The zero-order valence-electron chi connectivity index (χ0n) is 12.1. The topological polar surface area (TPSA) is 37.8 Å². The van der Waals surface area contributed by atoms with Gasteiger partial charge in [0.15, 0.2) is 0 Å². The first kappa shape index (κ1) is 13.6. The Morgan fingerprint density at radius 2 is 1.95 bits per heavy atom. The van der Waals surface area contributed by atoms with Crippen molar-refractivity contribution in [3.05, 3.63) is 40.4 Å². The number of rotatable bonds is 6. The quantitative estimate of drug-likeness (QED) is 0.864. The van der Waals surface area contributed by atoms with E-state index in [1.807, 2.05) is 0 Å². The van der Waals surface area contributed by atoms with E-state index in [0.29, 0.717) is 5.92 Å². The molecule has 0 bridgehead atoms. The maximum Gasteiger partial charge on any atom is 0.205 e. The summed E-state index contributed by atoms with van der Waals surface area (Å²) in [6.07, 6.45) is 3.73. The van der Waals surface area contributed by atoms with Crippen LogP contribution in [-0.4, -0.2) is 10.2 Å². The van der Waals surface area contributed by atoms with E-state index in [1.54, 1.807) is 11.3 Å². The van der Waals surface area contributed by atoms with Crippen LogP contribution in [0.2, 0.25) is 0 Å². The van der Waals surface area contributed by atoms with Gasteiger partial charge in [-0.15, -0.1) is 10.2 Å². The van der Waals surface area contributed by atoms with Crippen molar-refractivity contribution in [2.45, 2.75) is 45.6 Å². The average Bonchev–Trinajstić information content (AvgIpc) is 3.19. The summed E-state index contributed by atoms with van der Waals surface area (Å²) in [7, 11) is 0. The highest BCUT2D eigenvalue weighted by Crippen LogP contribution is 2.39. The first-order valence-electron chi connectivity index (χ1n) is 7.36. The number of benzene rings is 1. The van der Waals surface area contributed by atoms with Crippen LogP contribution in [0.3, 0.4) is 0 Å². The molecule has 4 heteroatoms. The van der Waals surface area contributed by atoms with Gasteiger partial charge in [-0.2, -0.15) is 0 Å². The zero-order chi connectivity index (χ0) is 13.9. The molecule has 0 unspecified atom stereocenters. The summed E-state index contributed by atoms with van der Waals surface area (Å²) < 4.78 is 0. The third-order valence-corrected chi connectivity index (χ3v) is 4.43. The summed E-state index contributed by atoms with van der Waals surface area (Å²) in [5.74, 6) is 1.46. The lowest BCUT2D eigenvalue weighted by Gasteiger charge is -2.04. The van der Waals surface area contributed by atoms with E-state index in [0.717, 1.165) is 29.0 Å². The van der Waals surface area contributed by atoms with Crippen LogP contribution in [0.4, 0.5) is 5.13 Å². The van der Waals surface area contributed by atoms with Crippen molar-refractivity contribution in [1.82, 2.24) is 10.2 Å². The highest BCUT2D eigenvalue weighted by molar-refractivity contribution is 7.15. The van der Waals surface area contributed by atoms with E-state index in [9.17, 15) is 0 Å². The van der Waals surface area contributed by atoms with Gasteiger partial charge in [0.1, 0.15) is 5.01 Å². The minimum absolute atomic E-state index is 0.630. The van der Waals surface area contributed by atoms with Crippen molar-refractivity contribution in [3.8, 4) is 0 Å². The second-order valence-electron chi connectivity index (χ2n) is 5.97. The van der Waals surface area contributed by atoms with E-state index in [2.05, 4.69) is 53.6 Å². The molecule has 1 fully saturated rings. The summed E-state index contributed by atoms with van der Waals surface area (Å²) in [4.78, 5) is 0. The van der Waals surface area contributed by atoms with Crippen LogP contribution in [0.15, 0.2) is 24.3 Å². The van der Waals surface area contributed by atoms with Gasteiger partial charge in [0, 0.05) is 13.0 Å².